The summed E-state index contributed by atoms with van der Waals surface area (Å²) in [4.78, 5) is 2.12. The number of anilines is 1. The van der Waals surface area contributed by atoms with E-state index in [9.17, 15) is 0 Å². The molecule has 0 bridgehead atoms. The van der Waals surface area contributed by atoms with Crippen LogP contribution < -0.4 is 10.1 Å². The summed E-state index contributed by atoms with van der Waals surface area (Å²) in [6.45, 7) is 18.7. The van der Waals surface area contributed by atoms with Gasteiger partial charge in [0, 0.05) is 19.8 Å². The molecule has 2 aromatic carbocycles. The molecule has 0 aromatic heterocycles. The van der Waals surface area contributed by atoms with Crippen LogP contribution in [0.25, 0.3) is 5.57 Å². The molecule has 0 heterocycles. The molecule has 2 heteroatoms. The van der Waals surface area contributed by atoms with Crippen LogP contribution in [-0.2, 0) is 0 Å². The van der Waals surface area contributed by atoms with Gasteiger partial charge in [-0.15, -0.1) is 0 Å². The molecule has 0 amide bonds. The van der Waals surface area contributed by atoms with Gasteiger partial charge < -0.3 is 4.90 Å². The molecule has 2 aromatic rings. The largest absolute Gasteiger partial charge is 0.378 e. The molecule has 0 atom stereocenters. The molecule has 0 spiro atoms. The molecule has 140 valence electrons. The fourth-order valence-corrected chi connectivity index (χ4v) is 9.48. The average Bonchev–Trinajstić information content (AvgIpc) is 2.52. The summed E-state index contributed by atoms with van der Waals surface area (Å²) in [6.07, 6.45) is 0. The van der Waals surface area contributed by atoms with Crippen LogP contribution in [0.4, 0.5) is 5.69 Å². The highest BCUT2D eigenvalue weighted by Crippen LogP contribution is 2.41. The minimum atomic E-state index is -1.15. The van der Waals surface area contributed by atoms with E-state index in [0.29, 0.717) is 10.1 Å². The molecular weight excluding hydrogens is 330 g/mol. The predicted molar refractivity (Wildman–Crippen MR) is 122 cm³/mol. The third-order valence-corrected chi connectivity index (χ3v) is 9.57. The molecule has 0 aliphatic rings. The Morgan fingerprint density at radius 1 is 0.731 bits per heavy atom. The summed E-state index contributed by atoms with van der Waals surface area (Å²) in [5, 5.41) is 2.27. The van der Waals surface area contributed by atoms with Gasteiger partial charge in [0.1, 0.15) is 0 Å². The maximum atomic E-state index is 4.34. The van der Waals surface area contributed by atoms with Crippen LogP contribution in [0.3, 0.4) is 0 Å². The van der Waals surface area contributed by atoms with E-state index in [1.807, 2.05) is 0 Å². The number of rotatable bonds is 4. The van der Waals surface area contributed by atoms with E-state index in [0.717, 1.165) is 5.57 Å². The van der Waals surface area contributed by atoms with Crippen molar-refractivity contribution in [2.24, 2.45) is 0 Å². The lowest BCUT2D eigenvalue weighted by Crippen LogP contribution is -2.45. The Morgan fingerprint density at radius 2 is 1.12 bits per heavy atom. The van der Waals surface area contributed by atoms with Gasteiger partial charge in [-0.3, -0.25) is 0 Å². The molecule has 2 rings (SSSR count). The molecule has 0 fully saturated rings. The van der Waals surface area contributed by atoms with E-state index in [-0.39, 0.29) is 0 Å². The van der Waals surface area contributed by atoms with E-state index in [2.05, 4.69) is 116 Å². The first-order chi connectivity index (χ1) is 11.9. The van der Waals surface area contributed by atoms with Crippen LogP contribution in [0.5, 0.6) is 0 Å². The van der Waals surface area contributed by atoms with Gasteiger partial charge in [0.05, 0.1) is 8.80 Å². The second kappa shape index (κ2) is 7.44. The van der Waals surface area contributed by atoms with Crippen molar-refractivity contribution in [3.8, 4) is 0 Å². The first-order valence-electron chi connectivity index (χ1n) is 9.48. The number of nitrogens with zero attached hydrogens (tertiary/aromatic N) is 1. The fraction of sp³-hybridized carbons (Fsp3) is 0.417. The molecule has 0 aliphatic heterocycles. The highest BCUT2D eigenvalue weighted by Gasteiger charge is 2.37. The van der Waals surface area contributed by atoms with E-state index < -0.39 is 8.80 Å². The van der Waals surface area contributed by atoms with Crippen LogP contribution in [0.2, 0.25) is 10.1 Å². The van der Waals surface area contributed by atoms with E-state index >= 15 is 0 Å². The van der Waals surface area contributed by atoms with Gasteiger partial charge in [-0.1, -0.05) is 89.7 Å². The molecule has 0 saturated heterocycles. The van der Waals surface area contributed by atoms with Gasteiger partial charge in [-0.05, 0) is 38.9 Å². The van der Waals surface area contributed by atoms with Crippen LogP contribution >= 0.6 is 0 Å². The van der Waals surface area contributed by atoms with Gasteiger partial charge in [0.25, 0.3) is 0 Å². The highest BCUT2D eigenvalue weighted by atomic mass is 28.3. The van der Waals surface area contributed by atoms with Gasteiger partial charge >= 0.3 is 0 Å². The van der Waals surface area contributed by atoms with Crippen LogP contribution in [0, 0.1) is 0 Å². The van der Waals surface area contributed by atoms with E-state index in [4.69, 9.17) is 0 Å². The minimum absolute atomic E-state index is 0.360. The van der Waals surface area contributed by atoms with Crippen molar-refractivity contribution in [1.29, 1.82) is 0 Å². The maximum Gasteiger partial charge on any atom is 0.0814 e. The van der Waals surface area contributed by atoms with Gasteiger partial charge in [-0.2, -0.15) is 0 Å². The molecule has 0 N–H and O–H groups in total. The topological polar surface area (TPSA) is 3.24 Å². The zero-order valence-electron chi connectivity index (χ0n) is 17.9. The third kappa shape index (κ3) is 4.67. The van der Waals surface area contributed by atoms with Gasteiger partial charge in [0.15, 0.2) is 0 Å². The Labute approximate surface area is 162 Å². The fourth-order valence-electron chi connectivity index (χ4n) is 4.30. The summed E-state index contributed by atoms with van der Waals surface area (Å²) < 4.78 is 0. The highest BCUT2D eigenvalue weighted by molar-refractivity contribution is 6.78. The summed E-state index contributed by atoms with van der Waals surface area (Å²) in [7, 11) is 2.98. The molecule has 0 aliphatic carbocycles. The minimum Gasteiger partial charge on any atom is -0.378 e. The second-order valence-corrected chi connectivity index (χ2v) is 14.7. The summed E-state index contributed by atoms with van der Waals surface area (Å²) >= 11 is 0. The van der Waals surface area contributed by atoms with E-state index in [1.165, 1.54) is 16.8 Å². The Morgan fingerprint density at radius 3 is 1.46 bits per heavy atom. The summed E-state index contributed by atoms with van der Waals surface area (Å²) in [5.74, 6) is 0. The Hall–Kier alpha value is -1.80. The number of benzene rings is 2. The second-order valence-electron chi connectivity index (χ2n) is 9.71. The lowest BCUT2D eigenvalue weighted by atomic mass is 9.99. The summed E-state index contributed by atoms with van der Waals surface area (Å²) in [5.41, 5.74) is 4.69. The van der Waals surface area contributed by atoms with Crippen molar-refractivity contribution < 1.29 is 0 Å². The first-order valence-corrected chi connectivity index (χ1v) is 11.2. The lowest BCUT2D eigenvalue weighted by molar-refractivity contribution is 0.653. The molecule has 0 saturated carbocycles. The molecule has 1 nitrogen and oxygen atoms in total. The monoisotopic (exact) mass is 365 g/mol. The van der Waals surface area contributed by atoms with Crippen LogP contribution in [0.1, 0.15) is 52.7 Å². The number of hydrogen-bond donors (Lipinski definition) is 0. The average molecular weight is 366 g/mol. The molecule has 26 heavy (non-hydrogen) atoms. The van der Waals surface area contributed by atoms with Crippen molar-refractivity contribution in [2.45, 2.75) is 51.6 Å². The predicted octanol–water partition coefficient (Wildman–Crippen LogP) is 5.85. The molecular formula is C24H35NSi. The third-order valence-electron chi connectivity index (χ3n) is 5.06. The van der Waals surface area contributed by atoms with Gasteiger partial charge in [0.2, 0.25) is 0 Å². The van der Waals surface area contributed by atoms with Crippen molar-refractivity contribution >= 4 is 25.2 Å². The van der Waals surface area contributed by atoms with Crippen LogP contribution in [0.15, 0.2) is 55.1 Å². The van der Waals surface area contributed by atoms with Gasteiger partial charge in [-0.25, -0.2) is 0 Å². The van der Waals surface area contributed by atoms with Crippen molar-refractivity contribution in [1.82, 2.24) is 0 Å². The van der Waals surface area contributed by atoms with Crippen molar-refractivity contribution in [3.63, 3.8) is 0 Å². The molecule has 0 radical (unpaired) electrons. The normalized spacial score (nSPS) is 12.3. The Kier molecular flexibility index (Phi) is 5.87. The zero-order valence-corrected chi connectivity index (χ0v) is 19.0. The maximum absolute atomic E-state index is 4.34. The Balaban J connectivity index is 2.29. The lowest BCUT2D eigenvalue weighted by Gasteiger charge is -2.39. The SMILES string of the molecule is C=C(c1ccc(N(C)C)cc1)c1ccc([SiH](C(C)(C)C)C(C)(C)C)cc1. The van der Waals surface area contributed by atoms with Crippen molar-refractivity contribution in [2.75, 3.05) is 19.0 Å². The van der Waals surface area contributed by atoms with Crippen LogP contribution in [-0.4, -0.2) is 22.9 Å². The number of hydrogen-bond acceptors (Lipinski definition) is 1. The first kappa shape index (κ1) is 20.5. The van der Waals surface area contributed by atoms with Crippen molar-refractivity contribution in [3.05, 3.63) is 66.2 Å². The molecule has 0 unspecified atom stereocenters. The zero-order chi connectivity index (χ0) is 19.7. The smallest absolute Gasteiger partial charge is 0.0814 e. The Bertz CT molecular complexity index is 727. The standard InChI is InChI=1S/C24H35NSi/c1-18(19-10-14-21(15-11-19)25(8)9)20-12-16-22(17-13-20)26(23(2,3)4)24(5,6)7/h10-17,26H,1H2,2-9H3. The quantitative estimate of drug-likeness (QED) is 0.614. The van der Waals surface area contributed by atoms with E-state index in [1.54, 1.807) is 5.19 Å². The summed E-state index contributed by atoms with van der Waals surface area (Å²) in [6, 6.07) is 17.8.